The molecule has 19 heavy (non-hydrogen) atoms. The van der Waals surface area contributed by atoms with Crippen LogP contribution in [0.5, 0.6) is 0 Å². The van der Waals surface area contributed by atoms with Gasteiger partial charge in [0.25, 0.3) is 0 Å². The minimum Gasteiger partial charge on any atom is -0.382 e. The molecule has 0 saturated heterocycles. The SMILES string of the molecule is COCCOCCOCCCC(N)c1ccccc1. The van der Waals surface area contributed by atoms with E-state index < -0.39 is 0 Å². The van der Waals surface area contributed by atoms with Crippen molar-refractivity contribution < 1.29 is 14.2 Å². The van der Waals surface area contributed by atoms with Gasteiger partial charge >= 0.3 is 0 Å². The summed E-state index contributed by atoms with van der Waals surface area (Å²) in [5.74, 6) is 0. The van der Waals surface area contributed by atoms with Crippen LogP contribution in [0.2, 0.25) is 0 Å². The quantitative estimate of drug-likeness (QED) is 0.624. The van der Waals surface area contributed by atoms with Crippen molar-refractivity contribution in [1.29, 1.82) is 0 Å². The van der Waals surface area contributed by atoms with Crippen molar-refractivity contribution in [2.45, 2.75) is 18.9 Å². The molecule has 0 saturated carbocycles. The zero-order valence-corrected chi connectivity index (χ0v) is 11.7. The average Bonchev–Trinajstić information content (AvgIpc) is 2.46. The third-order valence-corrected chi connectivity index (χ3v) is 2.84. The Labute approximate surface area is 115 Å². The number of hydrogen-bond acceptors (Lipinski definition) is 4. The van der Waals surface area contributed by atoms with Crippen molar-refractivity contribution in [3.63, 3.8) is 0 Å². The van der Waals surface area contributed by atoms with Gasteiger partial charge in [0, 0.05) is 19.8 Å². The molecule has 1 atom stereocenters. The molecule has 0 heterocycles. The molecule has 0 radical (unpaired) electrons. The third kappa shape index (κ3) is 7.95. The number of ether oxygens (including phenoxy) is 3. The number of nitrogens with two attached hydrogens (primary N) is 1. The molecule has 0 aliphatic carbocycles. The van der Waals surface area contributed by atoms with Crippen molar-refractivity contribution in [3.8, 4) is 0 Å². The monoisotopic (exact) mass is 267 g/mol. The molecule has 4 heteroatoms. The predicted octanol–water partition coefficient (Wildman–Crippen LogP) is 2.15. The largest absolute Gasteiger partial charge is 0.382 e. The highest BCUT2D eigenvalue weighted by atomic mass is 16.5. The van der Waals surface area contributed by atoms with Crippen LogP contribution in [0.1, 0.15) is 24.4 Å². The first-order valence-corrected chi connectivity index (χ1v) is 6.79. The van der Waals surface area contributed by atoms with E-state index >= 15 is 0 Å². The molecular weight excluding hydrogens is 242 g/mol. The van der Waals surface area contributed by atoms with Crippen LogP contribution in [0.3, 0.4) is 0 Å². The third-order valence-electron chi connectivity index (χ3n) is 2.84. The van der Waals surface area contributed by atoms with E-state index in [1.165, 1.54) is 5.56 Å². The lowest BCUT2D eigenvalue weighted by Crippen LogP contribution is -2.12. The second-order valence-electron chi connectivity index (χ2n) is 4.38. The lowest BCUT2D eigenvalue weighted by molar-refractivity contribution is 0.0238. The Morgan fingerprint density at radius 3 is 2.26 bits per heavy atom. The van der Waals surface area contributed by atoms with E-state index in [1.807, 2.05) is 18.2 Å². The molecule has 1 rings (SSSR count). The van der Waals surface area contributed by atoms with E-state index in [0.29, 0.717) is 26.4 Å². The molecule has 0 bridgehead atoms. The van der Waals surface area contributed by atoms with Crippen LogP contribution < -0.4 is 5.73 Å². The highest BCUT2D eigenvalue weighted by Gasteiger charge is 2.04. The number of hydrogen-bond donors (Lipinski definition) is 1. The number of rotatable bonds is 11. The summed E-state index contributed by atoms with van der Waals surface area (Å²) >= 11 is 0. The van der Waals surface area contributed by atoms with Gasteiger partial charge in [-0.3, -0.25) is 0 Å². The Hall–Kier alpha value is -0.940. The molecule has 0 aromatic heterocycles. The van der Waals surface area contributed by atoms with Gasteiger partial charge in [0.05, 0.1) is 26.4 Å². The van der Waals surface area contributed by atoms with Gasteiger partial charge in [-0.2, -0.15) is 0 Å². The van der Waals surface area contributed by atoms with E-state index in [1.54, 1.807) is 7.11 Å². The minimum absolute atomic E-state index is 0.0998. The topological polar surface area (TPSA) is 53.7 Å². The zero-order valence-electron chi connectivity index (χ0n) is 11.7. The summed E-state index contributed by atoms with van der Waals surface area (Å²) in [6.45, 7) is 3.23. The lowest BCUT2D eigenvalue weighted by atomic mass is 10.0. The summed E-state index contributed by atoms with van der Waals surface area (Å²) in [6, 6.07) is 10.3. The summed E-state index contributed by atoms with van der Waals surface area (Å²) in [5, 5.41) is 0. The summed E-state index contributed by atoms with van der Waals surface area (Å²) in [6.07, 6.45) is 1.91. The molecule has 108 valence electrons. The first-order valence-electron chi connectivity index (χ1n) is 6.79. The maximum Gasteiger partial charge on any atom is 0.0701 e. The Kier molecular flexibility index (Phi) is 9.27. The minimum atomic E-state index is 0.0998. The number of methoxy groups -OCH3 is 1. The van der Waals surface area contributed by atoms with E-state index in [-0.39, 0.29) is 6.04 Å². The number of benzene rings is 1. The summed E-state index contributed by atoms with van der Waals surface area (Å²) in [5.41, 5.74) is 7.28. The first-order chi connectivity index (χ1) is 9.34. The van der Waals surface area contributed by atoms with Gasteiger partial charge in [-0.25, -0.2) is 0 Å². The summed E-state index contributed by atoms with van der Waals surface area (Å²) in [4.78, 5) is 0. The van der Waals surface area contributed by atoms with Gasteiger partial charge in [-0.1, -0.05) is 30.3 Å². The van der Waals surface area contributed by atoms with Crippen LogP contribution in [-0.2, 0) is 14.2 Å². The molecule has 0 aliphatic heterocycles. The molecule has 0 aliphatic rings. The Morgan fingerprint density at radius 2 is 1.58 bits per heavy atom. The smallest absolute Gasteiger partial charge is 0.0701 e. The van der Waals surface area contributed by atoms with Crippen molar-refractivity contribution in [1.82, 2.24) is 0 Å². The molecule has 0 fully saturated rings. The van der Waals surface area contributed by atoms with Gasteiger partial charge in [0.2, 0.25) is 0 Å². The molecule has 1 unspecified atom stereocenters. The molecule has 2 N–H and O–H groups in total. The van der Waals surface area contributed by atoms with E-state index in [4.69, 9.17) is 19.9 Å². The Balaban J connectivity index is 1.93. The lowest BCUT2D eigenvalue weighted by Gasteiger charge is -2.11. The average molecular weight is 267 g/mol. The summed E-state index contributed by atoms with van der Waals surface area (Å²) < 4.78 is 15.7. The van der Waals surface area contributed by atoms with Gasteiger partial charge < -0.3 is 19.9 Å². The normalized spacial score (nSPS) is 12.5. The van der Waals surface area contributed by atoms with E-state index in [0.717, 1.165) is 19.4 Å². The molecule has 1 aromatic carbocycles. The maximum atomic E-state index is 6.10. The van der Waals surface area contributed by atoms with Crippen molar-refractivity contribution in [3.05, 3.63) is 35.9 Å². The van der Waals surface area contributed by atoms with Crippen LogP contribution in [0.4, 0.5) is 0 Å². The Bertz CT molecular complexity index is 306. The van der Waals surface area contributed by atoms with Crippen LogP contribution in [0.25, 0.3) is 0 Å². The fourth-order valence-corrected chi connectivity index (χ4v) is 1.74. The van der Waals surface area contributed by atoms with Crippen LogP contribution in [-0.4, -0.2) is 40.1 Å². The molecular formula is C15H25NO3. The van der Waals surface area contributed by atoms with Gasteiger partial charge in [-0.05, 0) is 18.4 Å². The van der Waals surface area contributed by atoms with Gasteiger partial charge in [0.1, 0.15) is 0 Å². The Morgan fingerprint density at radius 1 is 0.947 bits per heavy atom. The fraction of sp³-hybridized carbons (Fsp3) is 0.600. The second kappa shape index (κ2) is 10.9. The molecule has 0 amide bonds. The van der Waals surface area contributed by atoms with Crippen LogP contribution in [0, 0.1) is 0 Å². The predicted molar refractivity (Wildman–Crippen MR) is 76.1 cm³/mol. The first kappa shape index (κ1) is 16.1. The molecule has 1 aromatic rings. The highest BCUT2D eigenvalue weighted by Crippen LogP contribution is 2.14. The van der Waals surface area contributed by atoms with E-state index in [2.05, 4.69) is 12.1 Å². The highest BCUT2D eigenvalue weighted by molar-refractivity contribution is 5.18. The fourth-order valence-electron chi connectivity index (χ4n) is 1.74. The standard InChI is InChI=1S/C15H25NO3/c1-17-10-11-19-13-12-18-9-5-8-15(16)14-6-3-2-4-7-14/h2-4,6-7,15H,5,8-13,16H2,1H3. The van der Waals surface area contributed by atoms with Crippen LogP contribution >= 0.6 is 0 Å². The van der Waals surface area contributed by atoms with Crippen molar-refractivity contribution in [2.75, 3.05) is 40.1 Å². The van der Waals surface area contributed by atoms with E-state index in [9.17, 15) is 0 Å². The van der Waals surface area contributed by atoms with Crippen molar-refractivity contribution in [2.24, 2.45) is 5.73 Å². The maximum absolute atomic E-state index is 6.10. The molecule has 4 nitrogen and oxygen atoms in total. The second-order valence-corrected chi connectivity index (χ2v) is 4.38. The van der Waals surface area contributed by atoms with Gasteiger partial charge in [0.15, 0.2) is 0 Å². The van der Waals surface area contributed by atoms with Crippen LogP contribution in [0.15, 0.2) is 30.3 Å². The molecule has 0 spiro atoms. The van der Waals surface area contributed by atoms with Gasteiger partial charge in [-0.15, -0.1) is 0 Å². The summed E-state index contributed by atoms with van der Waals surface area (Å²) in [7, 11) is 1.66. The van der Waals surface area contributed by atoms with Crippen molar-refractivity contribution >= 4 is 0 Å². The zero-order chi connectivity index (χ0) is 13.8.